The van der Waals surface area contributed by atoms with E-state index in [2.05, 4.69) is 0 Å². The van der Waals surface area contributed by atoms with Gasteiger partial charge in [0.15, 0.2) is 0 Å². The zero-order valence-corrected chi connectivity index (χ0v) is 9.44. The summed E-state index contributed by atoms with van der Waals surface area (Å²) in [6.07, 6.45) is 2.13. The smallest absolute Gasteiger partial charge is 0.308 e. The number of carbonyl (C=O) groups excluding carboxylic acids is 1. The van der Waals surface area contributed by atoms with E-state index in [-0.39, 0.29) is 18.3 Å². The molecule has 0 bridgehead atoms. The van der Waals surface area contributed by atoms with E-state index >= 15 is 0 Å². The molecule has 0 saturated heterocycles. The van der Waals surface area contributed by atoms with Crippen LogP contribution in [-0.4, -0.2) is 23.7 Å². The first-order valence-corrected chi connectivity index (χ1v) is 5.33. The highest BCUT2D eigenvalue weighted by molar-refractivity contribution is 5.73. The van der Waals surface area contributed by atoms with Crippen LogP contribution in [0.3, 0.4) is 0 Å². The van der Waals surface area contributed by atoms with Crippen LogP contribution in [0.25, 0.3) is 0 Å². The molecule has 0 aromatic heterocycles. The molecule has 16 heavy (non-hydrogen) atoms. The molecule has 0 rings (SSSR count). The van der Waals surface area contributed by atoms with Gasteiger partial charge in [-0.25, -0.2) is 0 Å². The van der Waals surface area contributed by atoms with Gasteiger partial charge in [-0.05, 0) is 19.3 Å². The van der Waals surface area contributed by atoms with E-state index in [1.165, 1.54) is 0 Å². The van der Waals surface area contributed by atoms with E-state index in [9.17, 15) is 9.59 Å². The van der Waals surface area contributed by atoms with Crippen LogP contribution in [0.5, 0.6) is 0 Å². The molecule has 0 aliphatic rings. The van der Waals surface area contributed by atoms with Crippen LogP contribution in [0, 0.1) is 17.2 Å². The summed E-state index contributed by atoms with van der Waals surface area (Å²) in [5.74, 6) is -1.65. The number of carboxylic acid groups (broad SMARTS) is 1. The van der Waals surface area contributed by atoms with E-state index in [4.69, 9.17) is 15.1 Å². The summed E-state index contributed by atoms with van der Waals surface area (Å²) in [4.78, 5) is 21.6. The van der Waals surface area contributed by atoms with Crippen LogP contribution in [0.2, 0.25) is 0 Å². The van der Waals surface area contributed by atoms with Crippen molar-refractivity contribution in [1.82, 2.24) is 0 Å². The maximum Gasteiger partial charge on any atom is 0.308 e. The molecule has 0 fully saturated rings. The quantitative estimate of drug-likeness (QED) is 0.504. The Bertz CT molecular complexity index is 270. The Morgan fingerprint density at radius 1 is 1.44 bits per heavy atom. The lowest BCUT2D eigenvalue weighted by atomic mass is 10.1. The van der Waals surface area contributed by atoms with E-state index in [0.29, 0.717) is 32.3 Å². The number of esters is 1. The topological polar surface area (TPSA) is 87.4 Å². The highest BCUT2D eigenvalue weighted by atomic mass is 16.5. The standard InChI is InChI=1S/C11H17NO4/c1-9(5-6-10(13)14)11(15)16-8-4-2-3-7-12/h9H,2-6,8H2,1H3,(H,13,14). The first-order valence-electron chi connectivity index (χ1n) is 5.33. The van der Waals surface area contributed by atoms with Gasteiger partial charge < -0.3 is 9.84 Å². The Labute approximate surface area is 95.0 Å². The van der Waals surface area contributed by atoms with E-state index < -0.39 is 5.97 Å². The molecule has 0 aliphatic heterocycles. The highest BCUT2D eigenvalue weighted by Gasteiger charge is 2.15. The second-order valence-electron chi connectivity index (χ2n) is 3.62. The number of carbonyl (C=O) groups is 2. The third-order valence-corrected chi connectivity index (χ3v) is 2.12. The number of aliphatic carboxylic acids is 1. The first kappa shape index (κ1) is 14.4. The molecule has 0 saturated carbocycles. The zero-order valence-electron chi connectivity index (χ0n) is 9.44. The molecule has 0 amide bonds. The Morgan fingerprint density at radius 3 is 2.69 bits per heavy atom. The molecule has 0 spiro atoms. The maximum absolute atomic E-state index is 11.3. The largest absolute Gasteiger partial charge is 0.481 e. The van der Waals surface area contributed by atoms with Crippen molar-refractivity contribution in [2.24, 2.45) is 5.92 Å². The molecule has 1 N–H and O–H groups in total. The van der Waals surface area contributed by atoms with Gasteiger partial charge in [-0.15, -0.1) is 0 Å². The SMILES string of the molecule is CC(CCC(=O)O)C(=O)OCCCCC#N. The number of unbranched alkanes of at least 4 members (excludes halogenated alkanes) is 2. The van der Waals surface area contributed by atoms with Crippen LogP contribution in [0.4, 0.5) is 0 Å². The molecular formula is C11H17NO4. The van der Waals surface area contributed by atoms with Gasteiger partial charge >= 0.3 is 11.9 Å². The van der Waals surface area contributed by atoms with Crippen LogP contribution in [0.15, 0.2) is 0 Å². The summed E-state index contributed by atoms with van der Waals surface area (Å²) < 4.78 is 4.94. The Morgan fingerprint density at radius 2 is 2.12 bits per heavy atom. The number of rotatable bonds is 8. The second-order valence-corrected chi connectivity index (χ2v) is 3.62. The average Bonchev–Trinajstić information content (AvgIpc) is 2.25. The molecule has 0 aliphatic carbocycles. The van der Waals surface area contributed by atoms with Crippen molar-refractivity contribution >= 4 is 11.9 Å². The molecule has 0 aromatic rings. The number of carboxylic acids is 1. The van der Waals surface area contributed by atoms with Crippen LogP contribution in [-0.2, 0) is 14.3 Å². The van der Waals surface area contributed by atoms with E-state index in [1.54, 1.807) is 6.92 Å². The van der Waals surface area contributed by atoms with Crippen LogP contribution in [0.1, 0.15) is 39.0 Å². The fraction of sp³-hybridized carbons (Fsp3) is 0.727. The fourth-order valence-corrected chi connectivity index (χ4v) is 1.08. The minimum Gasteiger partial charge on any atom is -0.481 e. The summed E-state index contributed by atoms with van der Waals surface area (Å²) in [7, 11) is 0. The normalized spacial score (nSPS) is 11.5. The van der Waals surface area contributed by atoms with Crippen molar-refractivity contribution in [3.8, 4) is 6.07 Å². The van der Waals surface area contributed by atoms with Gasteiger partial charge in [0.1, 0.15) is 0 Å². The van der Waals surface area contributed by atoms with Gasteiger partial charge in [0.2, 0.25) is 0 Å². The van der Waals surface area contributed by atoms with Gasteiger partial charge in [0, 0.05) is 12.8 Å². The van der Waals surface area contributed by atoms with Crippen molar-refractivity contribution < 1.29 is 19.4 Å². The number of nitriles is 1. The van der Waals surface area contributed by atoms with Crippen LogP contribution < -0.4 is 0 Å². The zero-order chi connectivity index (χ0) is 12.4. The van der Waals surface area contributed by atoms with E-state index in [0.717, 1.165) is 0 Å². The number of hydrogen-bond acceptors (Lipinski definition) is 4. The summed E-state index contributed by atoms with van der Waals surface area (Å²) in [5, 5.41) is 16.7. The van der Waals surface area contributed by atoms with Crippen molar-refractivity contribution in [1.29, 1.82) is 5.26 Å². The number of hydrogen-bond donors (Lipinski definition) is 1. The van der Waals surface area contributed by atoms with Crippen molar-refractivity contribution in [2.45, 2.75) is 39.0 Å². The van der Waals surface area contributed by atoms with Gasteiger partial charge in [-0.2, -0.15) is 5.26 Å². The minimum atomic E-state index is -0.909. The Hall–Kier alpha value is -1.57. The lowest BCUT2D eigenvalue weighted by molar-refractivity contribution is -0.148. The molecule has 0 aromatic carbocycles. The third-order valence-electron chi connectivity index (χ3n) is 2.12. The van der Waals surface area contributed by atoms with Gasteiger partial charge in [0.05, 0.1) is 18.6 Å². The predicted octanol–water partition coefficient (Wildman–Crippen LogP) is 1.72. The van der Waals surface area contributed by atoms with Crippen molar-refractivity contribution in [3.63, 3.8) is 0 Å². The molecule has 0 radical (unpaired) electrons. The molecule has 90 valence electrons. The summed E-state index contributed by atoms with van der Waals surface area (Å²) in [5.41, 5.74) is 0. The van der Waals surface area contributed by atoms with Gasteiger partial charge in [-0.1, -0.05) is 6.92 Å². The second kappa shape index (κ2) is 8.72. The average molecular weight is 227 g/mol. The molecule has 0 heterocycles. The molecule has 5 nitrogen and oxygen atoms in total. The molecule has 5 heteroatoms. The first-order chi connectivity index (χ1) is 7.57. The summed E-state index contributed by atoms with van der Waals surface area (Å²) >= 11 is 0. The third kappa shape index (κ3) is 7.80. The minimum absolute atomic E-state index is 0.0231. The number of ether oxygens (including phenoxy) is 1. The summed E-state index contributed by atoms with van der Waals surface area (Å²) in [6.45, 7) is 1.96. The Balaban J connectivity index is 3.56. The number of nitrogens with zero attached hydrogens (tertiary/aromatic N) is 1. The highest BCUT2D eigenvalue weighted by Crippen LogP contribution is 2.08. The molecule has 1 unspecified atom stereocenters. The maximum atomic E-state index is 11.3. The lowest BCUT2D eigenvalue weighted by Gasteiger charge is -2.09. The Kier molecular flexibility index (Phi) is 7.86. The monoisotopic (exact) mass is 227 g/mol. The van der Waals surface area contributed by atoms with Gasteiger partial charge in [0.25, 0.3) is 0 Å². The van der Waals surface area contributed by atoms with Gasteiger partial charge in [-0.3, -0.25) is 9.59 Å². The molecule has 1 atom stereocenters. The molecular weight excluding hydrogens is 210 g/mol. The lowest BCUT2D eigenvalue weighted by Crippen LogP contribution is -2.16. The fourth-order valence-electron chi connectivity index (χ4n) is 1.08. The van der Waals surface area contributed by atoms with E-state index in [1.807, 2.05) is 6.07 Å². The predicted molar refractivity (Wildman–Crippen MR) is 56.5 cm³/mol. The van der Waals surface area contributed by atoms with Crippen LogP contribution >= 0.6 is 0 Å². The van der Waals surface area contributed by atoms with Crippen molar-refractivity contribution in [2.75, 3.05) is 6.61 Å². The summed E-state index contributed by atoms with van der Waals surface area (Å²) in [6, 6.07) is 2.01. The van der Waals surface area contributed by atoms with Crippen molar-refractivity contribution in [3.05, 3.63) is 0 Å².